The molecule has 0 amide bonds. The molecule has 1 aliphatic rings. The molecule has 1 fully saturated rings. The maximum atomic E-state index is 5.50. The quantitative estimate of drug-likeness (QED) is 0.882. The highest BCUT2D eigenvalue weighted by molar-refractivity contribution is 5.27. The van der Waals surface area contributed by atoms with E-state index >= 15 is 0 Å². The van der Waals surface area contributed by atoms with Gasteiger partial charge >= 0.3 is 0 Å². The predicted molar refractivity (Wildman–Crippen MR) is 75.8 cm³/mol. The SMILES string of the molecule is COC(C)(C)c1ccc(CC2CCCCN2)cc1. The Morgan fingerprint density at radius 3 is 2.50 bits per heavy atom. The Balaban J connectivity index is 1.99. The largest absolute Gasteiger partial charge is 0.374 e. The third-order valence-corrected chi connectivity index (χ3v) is 4.05. The number of hydrogen-bond acceptors (Lipinski definition) is 2. The standard InChI is InChI=1S/C16H25NO/c1-16(2,18-3)14-9-7-13(8-10-14)12-15-6-4-5-11-17-15/h7-10,15,17H,4-6,11-12H2,1-3H3. The van der Waals surface area contributed by atoms with Gasteiger partial charge in [-0.3, -0.25) is 0 Å². The summed E-state index contributed by atoms with van der Waals surface area (Å²) in [6.45, 7) is 5.38. The first-order valence-electron chi connectivity index (χ1n) is 7.00. The molecule has 1 unspecified atom stereocenters. The van der Waals surface area contributed by atoms with Crippen molar-refractivity contribution in [2.75, 3.05) is 13.7 Å². The molecule has 0 aliphatic carbocycles. The summed E-state index contributed by atoms with van der Waals surface area (Å²) in [6, 6.07) is 9.54. The van der Waals surface area contributed by atoms with Gasteiger partial charge < -0.3 is 10.1 Å². The predicted octanol–water partition coefficient (Wildman–Crippen LogP) is 3.25. The second-order valence-corrected chi connectivity index (χ2v) is 5.76. The highest BCUT2D eigenvalue weighted by atomic mass is 16.5. The molecule has 1 aromatic rings. The van der Waals surface area contributed by atoms with E-state index in [0.29, 0.717) is 6.04 Å². The number of ether oxygens (including phenoxy) is 1. The molecule has 2 heteroatoms. The molecule has 1 aliphatic heterocycles. The molecule has 1 aromatic carbocycles. The van der Waals surface area contributed by atoms with Gasteiger partial charge in [0.15, 0.2) is 0 Å². The van der Waals surface area contributed by atoms with Crippen LogP contribution in [0.5, 0.6) is 0 Å². The molecule has 18 heavy (non-hydrogen) atoms. The molecule has 2 nitrogen and oxygen atoms in total. The lowest BCUT2D eigenvalue weighted by Gasteiger charge is -2.25. The van der Waals surface area contributed by atoms with E-state index < -0.39 is 0 Å². The Morgan fingerprint density at radius 1 is 1.22 bits per heavy atom. The highest BCUT2D eigenvalue weighted by Crippen LogP contribution is 2.24. The second kappa shape index (κ2) is 5.85. The van der Waals surface area contributed by atoms with Crippen LogP contribution in [0.25, 0.3) is 0 Å². The summed E-state index contributed by atoms with van der Waals surface area (Å²) >= 11 is 0. The molecule has 0 spiro atoms. The van der Waals surface area contributed by atoms with Crippen molar-refractivity contribution in [1.82, 2.24) is 5.32 Å². The molecule has 0 bridgehead atoms. The van der Waals surface area contributed by atoms with E-state index in [1.165, 1.54) is 36.9 Å². The van der Waals surface area contributed by atoms with Crippen LogP contribution < -0.4 is 5.32 Å². The molecule has 1 atom stereocenters. The maximum absolute atomic E-state index is 5.50. The highest BCUT2D eigenvalue weighted by Gasteiger charge is 2.19. The molecule has 1 heterocycles. The minimum atomic E-state index is -0.193. The van der Waals surface area contributed by atoms with Gasteiger partial charge in [0.1, 0.15) is 0 Å². The van der Waals surface area contributed by atoms with Crippen LogP contribution in [0.2, 0.25) is 0 Å². The Bertz CT molecular complexity index is 363. The van der Waals surface area contributed by atoms with Gasteiger partial charge in [0.2, 0.25) is 0 Å². The van der Waals surface area contributed by atoms with Crippen molar-refractivity contribution in [3.8, 4) is 0 Å². The minimum absolute atomic E-state index is 0.193. The lowest BCUT2D eigenvalue weighted by molar-refractivity contribution is 0.0192. The van der Waals surface area contributed by atoms with Crippen LogP contribution in [-0.4, -0.2) is 19.7 Å². The number of piperidine rings is 1. The Hall–Kier alpha value is -0.860. The fraction of sp³-hybridized carbons (Fsp3) is 0.625. The molecule has 1 N–H and O–H groups in total. The second-order valence-electron chi connectivity index (χ2n) is 5.76. The number of benzene rings is 1. The van der Waals surface area contributed by atoms with E-state index in [4.69, 9.17) is 4.74 Å². The molecule has 2 rings (SSSR count). The monoisotopic (exact) mass is 247 g/mol. The fourth-order valence-electron chi connectivity index (χ4n) is 2.54. The van der Waals surface area contributed by atoms with Crippen LogP contribution in [-0.2, 0) is 16.8 Å². The molecular formula is C16H25NO. The van der Waals surface area contributed by atoms with Crippen molar-refractivity contribution in [3.05, 3.63) is 35.4 Å². The fourth-order valence-corrected chi connectivity index (χ4v) is 2.54. The van der Waals surface area contributed by atoms with Gasteiger partial charge in [-0.15, -0.1) is 0 Å². The summed E-state index contributed by atoms with van der Waals surface area (Å²) in [5, 5.41) is 3.60. The average Bonchev–Trinajstić information content (AvgIpc) is 2.40. The van der Waals surface area contributed by atoms with Crippen LogP contribution in [0.15, 0.2) is 24.3 Å². The summed E-state index contributed by atoms with van der Waals surface area (Å²) in [6.07, 6.45) is 5.16. The lowest BCUT2D eigenvalue weighted by atomic mass is 9.93. The van der Waals surface area contributed by atoms with Gasteiger partial charge in [0.25, 0.3) is 0 Å². The maximum Gasteiger partial charge on any atom is 0.0871 e. The van der Waals surface area contributed by atoms with Crippen molar-refractivity contribution < 1.29 is 4.74 Å². The summed E-state index contributed by atoms with van der Waals surface area (Å²) in [5.74, 6) is 0. The van der Waals surface area contributed by atoms with Crippen LogP contribution in [0, 0.1) is 0 Å². The Kier molecular flexibility index (Phi) is 4.41. The van der Waals surface area contributed by atoms with Gasteiger partial charge in [-0.2, -0.15) is 0 Å². The normalized spacial score (nSPS) is 20.9. The van der Waals surface area contributed by atoms with Crippen molar-refractivity contribution >= 4 is 0 Å². The van der Waals surface area contributed by atoms with Gasteiger partial charge in [-0.25, -0.2) is 0 Å². The van der Waals surface area contributed by atoms with E-state index in [9.17, 15) is 0 Å². The average molecular weight is 247 g/mol. The van der Waals surface area contributed by atoms with Gasteiger partial charge in [-0.1, -0.05) is 30.7 Å². The number of rotatable bonds is 4. The van der Waals surface area contributed by atoms with Crippen LogP contribution >= 0.6 is 0 Å². The summed E-state index contributed by atoms with van der Waals surface area (Å²) in [4.78, 5) is 0. The Morgan fingerprint density at radius 2 is 1.94 bits per heavy atom. The zero-order chi connectivity index (χ0) is 13.0. The zero-order valence-corrected chi connectivity index (χ0v) is 11.8. The molecule has 0 radical (unpaired) electrons. The first-order valence-corrected chi connectivity index (χ1v) is 7.00. The third kappa shape index (κ3) is 3.33. The van der Waals surface area contributed by atoms with Crippen molar-refractivity contribution in [3.63, 3.8) is 0 Å². The molecular weight excluding hydrogens is 222 g/mol. The zero-order valence-electron chi connectivity index (χ0n) is 11.8. The van der Waals surface area contributed by atoms with E-state index in [0.717, 1.165) is 6.42 Å². The Labute approximate surface area is 111 Å². The molecule has 100 valence electrons. The first kappa shape index (κ1) is 13.6. The number of hydrogen-bond donors (Lipinski definition) is 1. The van der Waals surface area contributed by atoms with Crippen molar-refractivity contribution in [2.24, 2.45) is 0 Å². The summed E-state index contributed by atoms with van der Waals surface area (Å²) in [5.41, 5.74) is 2.47. The summed E-state index contributed by atoms with van der Waals surface area (Å²) in [7, 11) is 1.76. The van der Waals surface area contributed by atoms with E-state index in [1.54, 1.807) is 7.11 Å². The van der Waals surface area contributed by atoms with Gasteiger partial charge in [-0.05, 0) is 50.8 Å². The number of nitrogens with one attached hydrogen (secondary N) is 1. The van der Waals surface area contributed by atoms with Crippen LogP contribution in [0.4, 0.5) is 0 Å². The molecule has 0 aromatic heterocycles. The van der Waals surface area contributed by atoms with E-state index in [1.807, 2.05) is 0 Å². The molecule has 0 saturated carbocycles. The minimum Gasteiger partial charge on any atom is -0.374 e. The lowest BCUT2D eigenvalue weighted by Crippen LogP contribution is -2.35. The van der Waals surface area contributed by atoms with Crippen molar-refractivity contribution in [1.29, 1.82) is 0 Å². The van der Waals surface area contributed by atoms with Crippen molar-refractivity contribution in [2.45, 2.75) is 51.2 Å². The van der Waals surface area contributed by atoms with Crippen LogP contribution in [0.1, 0.15) is 44.2 Å². The molecule has 1 saturated heterocycles. The smallest absolute Gasteiger partial charge is 0.0871 e. The first-order chi connectivity index (χ1) is 8.62. The topological polar surface area (TPSA) is 21.3 Å². The number of methoxy groups -OCH3 is 1. The summed E-state index contributed by atoms with van der Waals surface area (Å²) < 4.78 is 5.50. The van der Waals surface area contributed by atoms with E-state index in [2.05, 4.69) is 43.4 Å². The van der Waals surface area contributed by atoms with Gasteiger partial charge in [0, 0.05) is 13.2 Å². The van der Waals surface area contributed by atoms with Gasteiger partial charge in [0.05, 0.1) is 5.60 Å². The van der Waals surface area contributed by atoms with Crippen LogP contribution in [0.3, 0.4) is 0 Å². The third-order valence-electron chi connectivity index (χ3n) is 4.05. The van der Waals surface area contributed by atoms with E-state index in [-0.39, 0.29) is 5.60 Å².